The van der Waals surface area contributed by atoms with Gasteiger partial charge < -0.3 is 14.5 Å². The van der Waals surface area contributed by atoms with E-state index in [1.54, 1.807) is 18.9 Å². The SMILES string of the molecule is COc1ccc(C2c3[nH]c4ccc(SC)cc4c3CCN2C(=O)Oc2ccc(C)cc2)cc1. The third-order valence-electron chi connectivity index (χ3n) is 6.23. The van der Waals surface area contributed by atoms with Crippen molar-refractivity contribution in [1.29, 1.82) is 0 Å². The topological polar surface area (TPSA) is 54.6 Å². The third-order valence-corrected chi connectivity index (χ3v) is 6.95. The highest BCUT2D eigenvalue weighted by molar-refractivity contribution is 7.98. The molecule has 1 atom stereocenters. The van der Waals surface area contributed by atoms with Crippen LogP contribution in [0, 0.1) is 6.92 Å². The van der Waals surface area contributed by atoms with E-state index >= 15 is 0 Å². The molecule has 0 bridgehead atoms. The molecule has 1 aliphatic heterocycles. The minimum Gasteiger partial charge on any atom is -0.497 e. The maximum Gasteiger partial charge on any atom is 0.416 e. The molecular weight excluding hydrogens is 432 g/mol. The normalized spacial score (nSPS) is 15.4. The Morgan fingerprint density at radius 2 is 1.76 bits per heavy atom. The number of nitrogens with one attached hydrogen (secondary N) is 1. The number of aryl methyl sites for hydroxylation is 1. The van der Waals surface area contributed by atoms with E-state index < -0.39 is 0 Å². The highest BCUT2D eigenvalue weighted by atomic mass is 32.2. The highest BCUT2D eigenvalue weighted by Crippen LogP contribution is 2.40. The van der Waals surface area contributed by atoms with Crippen LogP contribution in [-0.2, 0) is 6.42 Å². The summed E-state index contributed by atoms with van der Waals surface area (Å²) in [6.45, 7) is 2.58. The number of hydrogen-bond donors (Lipinski definition) is 1. The summed E-state index contributed by atoms with van der Waals surface area (Å²) in [5.41, 5.74) is 5.53. The second kappa shape index (κ2) is 8.87. The first kappa shape index (κ1) is 21.5. The van der Waals surface area contributed by atoms with E-state index in [1.807, 2.05) is 60.4 Å². The highest BCUT2D eigenvalue weighted by Gasteiger charge is 2.35. The molecule has 5 nitrogen and oxygen atoms in total. The summed E-state index contributed by atoms with van der Waals surface area (Å²) < 4.78 is 11.1. The number of ether oxygens (including phenoxy) is 2. The van der Waals surface area contributed by atoms with Crippen molar-refractivity contribution >= 4 is 28.8 Å². The fourth-order valence-electron chi connectivity index (χ4n) is 4.49. The molecule has 5 rings (SSSR count). The van der Waals surface area contributed by atoms with Gasteiger partial charge in [0.25, 0.3) is 0 Å². The summed E-state index contributed by atoms with van der Waals surface area (Å²) in [7, 11) is 1.65. The molecule has 1 N–H and O–H groups in total. The van der Waals surface area contributed by atoms with E-state index in [-0.39, 0.29) is 12.1 Å². The number of nitrogens with zero attached hydrogens (tertiary/aromatic N) is 1. The largest absolute Gasteiger partial charge is 0.497 e. The molecule has 1 aliphatic rings. The van der Waals surface area contributed by atoms with Gasteiger partial charge in [0.1, 0.15) is 17.5 Å². The van der Waals surface area contributed by atoms with Gasteiger partial charge in [0.05, 0.1) is 7.11 Å². The van der Waals surface area contributed by atoms with Crippen molar-refractivity contribution in [3.05, 3.63) is 89.1 Å². The molecule has 33 heavy (non-hydrogen) atoms. The number of thioether (sulfide) groups is 1. The van der Waals surface area contributed by atoms with E-state index in [0.717, 1.165) is 34.5 Å². The molecule has 0 aliphatic carbocycles. The fourth-order valence-corrected chi connectivity index (χ4v) is 4.93. The van der Waals surface area contributed by atoms with E-state index in [1.165, 1.54) is 15.8 Å². The van der Waals surface area contributed by atoms with Crippen LogP contribution in [-0.4, -0.2) is 35.9 Å². The van der Waals surface area contributed by atoms with Gasteiger partial charge in [-0.05, 0) is 73.2 Å². The first-order valence-corrected chi connectivity index (χ1v) is 12.2. The first-order chi connectivity index (χ1) is 16.1. The minimum absolute atomic E-state index is 0.275. The van der Waals surface area contributed by atoms with Gasteiger partial charge >= 0.3 is 6.09 Å². The number of carbonyl (C=O) groups is 1. The second-order valence-corrected chi connectivity index (χ2v) is 9.11. The van der Waals surface area contributed by atoms with E-state index in [2.05, 4.69) is 29.4 Å². The summed E-state index contributed by atoms with van der Waals surface area (Å²) >= 11 is 1.73. The molecular formula is C27H26N2O3S. The summed E-state index contributed by atoms with van der Waals surface area (Å²) in [5, 5.41) is 1.22. The molecule has 168 valence electrons. The van der Waals surface area contributed by atoms with Crippen LogP contribution in [0.2, 0.25) is 0 Å². The van der Waals surface area contributed by atoms with Crippen LogP contribution in [0.4, 0.5) is 4.79 Å². The zero-order valence-electron chi connectivity index (χ0n) is 18.9. The molecule has 6 heteroatoms. The maximum atomic E-state index is 13.3. The summed E-state index contributed by atoms with van der Waals surface area (Å²) in [6, 6.07) is 21.7. The Morgan fingerprint density at radius 3 is 2.45 bits per heavy atom. The first-order valence-electron chi connectivity index (χ1n) is 10.9. The molecule has 1 aromatic heterocycles. The van der Waals surface area contributed by atoms with Crippen molar-refractivity contribution < 1.29 is 14.3 Å². The lowest BCUT2D eigenvalue weighted by Crippen LogP contribution is -2.42. The van der Waals surface area contributed by atoms with Crippen LogP contribution >= 0.6 is 11.8 Å². The lowest BCUT2D eigenvalue weighted by atomic mass is 9.92. The van der Waals surface area contributed by atoms with Gasteiger partial charge in [-0.3, -0.25) is 4.90 Å². The van der Waals surface area contributed by atoms with Crippen LogP contribution in [0.1, 0.15) is 28.4 Å². The van der Waals surface area contributed by atoms with Crippen LogP contribution in [0.5, 0.6) is 11.5 Å². The van der Waals surface area contributed by atoms with Gasteiger partial charge in [-0.2, -0.15) is 0 Å². The summed E-state index contributed by atoms with van der Waals surface area (Å²) in [6.07, 6.45) is 2.50. The lowest BCUT2D eigenvalue weighted by molar-refractivity contribution is 0.135. The van der Waals surface area contributed by atoms with Gasteiger partial charge in [-0.15, -0.1) is 11.8 Å². The van der Waals surface area contributed by atoms with Crippen molar-refractivity contribution in [1.82, 2.24) is 9.88 Å². The van der Waals surface area contributed by atoms with Gasteiger partial charge in [-0.25, -0.2) is 4.79 Å². The molecule has 2 heterocycles. The molecule has 0 radical (unpaired) electrons. The van der Waals surface area contributed by atoms with E-state index in [0.29, 0.717) is 12.3 Å². The van der Waals surface area contributed by atoms with Crippen molar-refractivity contribution in [2.45, 2.75) is 24.3 Å². The van der Waals surface area contributed by atoms with E-state index in [4.69, 9.17) is 9.47 Å². The zero-order valence-corrected chi connectivity index (χ0v) is 19.7. The minimum atomic E-state index is -0.353. The predicted octanol–water partition coefficient (Wildman–Crippen LogP) is 6.35. The summed E-state index contributed by atoms with van der Waals surface area (Å²) in [4.78, 5) is 20.0. The number of amides is 1. The quantitative estimate of drug-likeness (QED) is 0.362. The molecule has 1 amide bonds. The number of carbonyl (C=O) groups excluding carboxylic acids is 1. The zero-order chi connectivity index (χ0) is 22.9. The van der Waals surface area contributed by atoms with Crippen molar-refractivity contribution in [2.24, 2.45) is 0 Å². The van der Waals surface area contributed by atoms with Gasteiger partial charge in [0.15, 0.2) is 0 Å². The number of rotatable bonds is 4. The standard InChI is InChI=1S/C27H26N2O3S/c1-17-4-8-20(9-5-17)32-27(30)29-15-14-22-23-16-21(33-3)12-13-24(23)28-25(22)26(29)18-6-10-19(31-2)11-7-18/h4-13,16,26,28H,14-15H2,1-3H3. The Kier molecular flexibility index (Phi) is 5.77. The Balaban J connectivity index is 1.57. The van der Waals surface area contributed by atoms with E-state index in [9.17, 15) is 4.79 Å². The number of benzene rings is 3. The van der Waals surface area contributed by atoms with Crippen LogP contribution in [0.3, 0.4) is 0 Å². The Bertz CT molecular complexity index is 1300. The Morgan fingerprint density at radius 1 is 1.03 bits per heavy atom. The van der Waals surface area contributed by atoms with Crippen molar-refractivity contribution in [3.63, 3.8) is 0 Å². The number of aromatic amines is 1. The molecule has 1 unspecified atom stereocenters. The molecule has 3 aromatic carbocycles. The number of H-pyrrole nitrogens is 1. The lowest BCUT2D eigenvalue weighted by Gasteiger charge is -2.35. The monoisotopic (exact) mass is 458 g/mol. The molecule has 4 aromatic rings. The molecule has 0 fully saturated rings. The second-order valence-electron chi connectivity index (χ2n) is 8.23. The average Bonchev–Trinajstić information content (AvgIpc) is 3.22. The number of hydrogen-bond acceptors (Lipinski definition) is 4. The molecule has 0 saturated heterocycles. The van der Waals surface area contributed by atoms with Crippen LogP contribution in [0.25, 0.3) is 10.9 Å². The van der Waals surface area contributed by atoms with Gasteiger partial charge in [-0.1, -0.05) is 29.8 Å². The Hall–Kier alpha value is -3.38. The number of methoxy groups -OCH3 is 1. The fraction of sp³-hybridized carbons (Fsp3) is 0.222. The third kappa shape index (κ3) is 4.07. The molecule has 0 saturated carbocycles. The van der Waals surface area contributed by atoms with Crippen molar-refractivity contribution in [2.75, 3.05) is 19.9 Å². The van der Waals surface area contributed by atoms with Crippen LogP contribution < -0.4 is 9.47 Å². The predicted molar refractivity (Wildman–Crippen MR) is 133 cm³/mol. The van der Waals surface area contributed by atoms with Crippen LogP contribution in [0.15, 0.2) is 71.6 Å². The van der Waals surface area contributed by atoms with Crippen molar-refractivity contribution in [3.8, 4) is 11.5 Å². The number of fused-ring (bicyclic) bond motifs is 3. The smallest absolute Gasteiger partial charge is 0.416 e. The number of aromatic nitrogens is 1. The van der Waals surface area contributed by atoms with Gasteiger partial charge in [0, 0.05) is 28.0 Å². The Labute approximate surface area is 197 Å². The summed E-state index contributed by atoms with van der Waals surface area (Å²) in [5.74, 6) is 1.33. The van der Waals surface area contributed by atoms with Gasteiger partial charge in [0.2, 0.25) is 0 Å². The molecule has 0 spiro atoms. The maximum absolute atomic E-state index is 13.3. The average molecular weight is 459 g/mol.